The van der Waals surface area contributed by atoms with Gasteiger partial charge < -0.3 is 15.8 Å². The molecule has 1 saturated heterocycles. The fourth-order valence-electron chi connectivity index (χ4n) is 4.26. The van der Waals surface area contributed by atoms with Crippen molar-refractivity contribution in [3.63, 3.8) is 0 Å². The lowest BCUT2D eigenvalue weighted by atomic mass is 10.0. The molecular weight excluding hydrogens is 396 g/mol. The zero-order valence-corrected chi connectivity index (χ0v) is 17.4. The average Bonchev–Trinajstić information content (AvgIpc) is 3.03. The van der Waals surface area contributed by atoms with Crippen molar-refractivity contribution < 1.29 is 19.0 Å². The van der Waals surface area contributed by atoms with E-state index in [-0.39, 0.29) is 19.4 Å². The SMILES string of the molecule is CNCCc1ccc(CNc2cccc3c2C[N+]([O-])(C2CCC(=O)NC2=O)C3=O)cc1. The average molecular weight is 422 g/mol. The first-order valence-electron chi connectivity index (χ1n) is 10.5. The number of carbonyl (C=O) groups excluding carboxylic acids is 3. The Kier molecular flexibility index (Phi) is 5.86. The highest BCUT2D eigenvalue weighted by Gasteiger charge is 2.50. The zero-order valence-electron chi connectivity index (χ0n) is 17.4. The maximum Gasteiger partial charge on any atom is 0.347 e. The number of nitrogens with one attached hydrogen (secondary N) is 3. The van der Waals surface area contributed by atoms with Gasteiger partial charge in [0, 0.05) is 30.6 Å². The number of piperidine rings is 1. The third kappa shape index (κ3) is 4.10. The van der Waals surface area contributed by atoms with Crippen molar-refractivity contribution in [2.24, 2.45) is 0 Å². The Balaban J connectivity index is 1.50. The summed E-state index contributed by atoms with van der Waals surface area (Å²) >= 11 is 0. The lowest BCUT2D eigenvalue weighted by Gasteiger charge is -2.42. The van der Waals surface area contributed by atoms with E-state index in [2.05, 4.69) is 40.2 Å². The van der Waals surface area contributed by atoms with Gasteiger partial charge in [-0.2, -0.15) is 0 Å². The molecule has 0 aromatic heterocycles. The Bertz CT molecular complexity index is 1020. The van der Waals surface area contributed by atoms with Crippen LogP contribution in [0.4, 0.5) is 5.69 Å². The van der Waals surface area contributed by atoms with Crippen molar-refractivity contribution >= 4 is 23.4 Å². The number of amides is 3. The Morgan fingerprint density at radius 2 is 1.84 bits per heavy atom. The maximum absolute atomic E-state index is 13.5. The number of rotatable bonds is 7. The van der Waals surface area contributed by atoms with Gasteiger partial charge in [-0.3, -0.25) is 19.6 Å². The fraction of sp³-hybridized carbons (Fsp3) is 0.348. The lowest BCUT2D eigenvalue weighted by Crippen LogP contribution is -2.60. The Morgan fingerprint density at radius 1 is 1.10 bits per heavy atom. The highest BCUT2D eigenvalue weighted by Crippen LogP contribution is 2.38. The molecule has 0 saturated carbocycles. The van der Waals surface area contributed by atoms with Gasteiger partial charge in [0.25, 0.3) is 5.91 Å². The van der Waals surface area contributed by atoms with E-state index in [9.17, 15) is 19.6 Å². The van der Waals surface area contributed by atoms with Crippen LogP contribution in [0, 0.1) is 5.21 Å². The first kappa shape index (κ1) is 21.2. The van der Waals surface area contributed by atoms with E-state index < -0.39 is 28.4 Å². The van der Waals surface area contributed by atoms with Crippen LogP contribution in [0.3, 0.4) is 0 Å². The second-order valence-corrected chi connectivity index (χ2v) is 8.08. The Hall–Kier alpha value is -3.07. The largest absolute Gasteiger partial charge is 0.624 e. The maximum atomic E-state index is 13.5. The van der Waals surface area contributed by atoms with Gasteiger partial charge in [0.15, 0.2) is 6.04 Å². The van der Waals surface area contributed by atoms with E-state index in [1.54, 1.807) is 12.1 Å². The van der Waals surface area contributed by atoms with Crippen molar-refractivity contribution in [3.8, 4) is 0 Å². The molecule has 8 heteroatoms. The summed E-state index contributed by atoms with van der Waals surface area (Å²) < 4.78 is -1.27. The molecule has 3 amide bonds. The Labute approximate surface area is 180 Å². The minimum atomic E-state index is -1.27. The van der Waals surface area contributed by atoms with Crippen LogP contribution >= 0.6 is 0 Å². The van der Waals surface area contributed by atoms with Crippen LogP contribution in [0.15, 0.2) is 42.5 Å². The van der Waals surface area contributed by atoms with Crippen LogP contribution < -0.4 is 16.0 Å². The van der Waals surface area contributed by atoms with Gasteiger partial charge in [-0.1, -0.05) is 30.3 Å². The Morgan fingerprint density at radius 3 is 2.55 bits per heavy atom. The normalized spacial score (nSPS) is 22.9. The number of nitrogens with zero attached hydrogens (tertiary/aromatic N) is 1. The van der Waals surface area contributed by atoms with E-state index in [1.807, 2.05) is 13.1 Å². The van der Waals surface area contributed by atoms with Crippen molar-refractivity contribution in [1.82, 2.24) is 10.6 Å². The van der Waals surface area contributed by atoms with Gasteiger partial charge in [-0.05, 0) is 43.3 Å². The molecule has 0 spiro atoms. The zero-order chi connectivity index (χ0) is 22.0. The van der Waals surface area contributed by atoms with E-state index >= 15 is 0 Å². The van der Waals surface area contributed by atoms with Gasteiger partial charge in [0.05, 0.1) is 5.56 Å². The van der Waals surface area contributed by atoms with Crippen LogP contribution in [0.2, 0.25) is 0 Å². The number of quaternary nitrogens is 1. The molecule has 2 aromatic rings. The highest BCUT2D eigenvalue weighted by atomic mass is 16.6. The standard InChI is InChI=1S/C23H26N4O4/c1-24-12-11-15-5-7-16(8-6-15)13-25-19-4-2-3-17-18(19)14-27(31,23(17)30)20-9-10-21(28)26-22(20)29/h2-8,20,24-25H,9-14H2,1H3,(H,26,28,29). The molecule has 2 aromatic carbocycles. The minimum absolute atomic E-state index is 0.0672. The number of imide groups is 1. The summed E-state index contributed by atoms with van der Waals surface area (Å²) in [4.78, 5) is 36.7. The molecule has 162 valence electrons. The summed E-state index contributed by atoms with van der Waals surface area (Å²) in [5, 5.41) is 22.2. The van der Waals surface area contributed by atoms with Gasteiger partial charge >= 0.3 is 5.91 Å². The van der Waals surface area contributed by atoms with Crippen LogP contribution in [0.25, 0.3) is 0 Å². The van der Waals surface area contributed by atoms with Crippen LogP contribution in [-0.2, 0) is 29.1 Å². The molecule has 31 heavy (non-hydrogen) atoms. The lowest BCUT2D eigenvalue weighted by molar-refractivity contribution is -0.825. The molecule has 2 unspecified atom stereocenters. The first-order chi connectivity index (χ1) is 14.9. The number of hydrogen-bond donors (Lipinski definition) is 3. The molecule has 2 heterocycles. The molecular formula is C23H26N4O4. The molecule has 8 nitrogen and oxygen atoms in total. The molecule has 0 aliphatic carbocycles. The third-order valence-corrected chi connectivity index (χ3v) is 6.03. The summed E-state index contributed by atoms with van der Waals surface area (Å²) in [6.07, 6.45) is 1.11. The van der Waals surface area contributed by atoms with Crippen molar-refractivity contribution in [3.05, 3.63) is 69.9 Å². The number of anilines is 1. The smallest absolute Gasteiger partial charge is 0.347 e. The number of carbonyl (C=O) groups is 3. The van der Waals surface area contributed by atoms with Gasteiger partial charge in [0.1, 0.15) is 6.54 Å². The monoisotopic (exact) mass is 422 g/mol. The quantitative estimate of drug-likeness (QED) is 0.357. The highest BCUT2D eigenvalue weighted by molar-refractivity contribution is 6.02. The molecule has 2 aliphatic rings. The van der Waals surface area contributed by atoms with E-state index in [0.717, 1.165) is 18.5 Å². The molecule has 2 aliphatic heterocycles. The summed E-state index contributed by atoms with van der Waals surface area (Å²) in [6, 6.07) is 12.4. The summed E-state index contributed by atoms with van der Waals surface area (Å²) in [5.41, 5.74) is 4.02. The van der Waals surface area contributed by atoms with Crippen LogP contribution in [0.1, 0.15) is 39.9 Å². The topological polar surface area (TPSA) is 110 Å². The molecule has 0 radical (unpaired) electrons. The fourth-order valence-corrected chi connectivity index (χ4v) is 4.26. The number of hydroxylamine groups is 3. The van der Waals surface area contributed by atoms with Crippen LogP contribution in [-0.4, -0.2) is 42.0 Å². The summed E-state index contributed by atoms with van der Waals surface area (Å²) in [7, 11) is 1.93. The van der Waals surface area contributed by atoms with E-state index in [0.29, 0.717) is 23.4 Å². The molecule has 4 rings (SSSR count). The van der Waals surface area contributed by atoms with Crippen LogP contribution in [0.5, 0.6) is 0 Å². The molecule has 3 N–H and O–H groups in total. The van der Waals surface area contributed by atoms with Crippen molar-refractivity contribution in [2.75, 3.05) is 18.9 Å². The summed E-state index contributed by atoms with van der Waals surface area (Å²) in [6.45, 7) is 1.35. The predicted molar refractivity (Wildman–Crippen MR) is 116 cm³/mol. The summed E-state index contributed by atoms with van der Waals surface area (Å²) in [5.74, 6) is -1.70. The molecule has 0 bridgehead atoms. The molecule has 1 fully saturated rings. The number of benzene rings is 2. The number of hydrogen-bond acceptors (Lipinski definition) is 6. The van der Waals surface area contributed by atoms with Crippen molar-refractivity contribution in [2.45, 2.75) is 38.4 Å². The second kappa shape index (κ2) is 8.58. The first-order valence-corrected chi connectivity index (χ1v) is 10.5. The second-order valence-electron chi connectivity index (χ2n) is 8.08. The minimum Gasteiger partial charge on any atom is -0.624 e. The predicted octanol–water partition coefficient (Wildman–Crippen LogP) is 1.83. The number of fused-ring (bicyclic) bond motifs is 1. The van der Waals surface area contributed by atoms with E-state index in [1.165, 1.54) is 5.56 Å². The van der Waals surface area contributed by atoms with Crippen molar-refractivity contribution in [1.29, 1.82) is 0 Å². The van der Waals surface area contributed by atoms with Gasteiger partial charge in [-0.25, -0.2) is 4.79 Å². The van der Waals surface area contributed by atoms with Gasteiger partial charge in [-0.15, -0.1) is 0 Å². The van der Waals surface area contributed by atoms with Gasteiger partial charge in [0.2, 0.25) is 5.91 Å². The third-order valence-electron chi connectivity index (χ3n) is 6.03. The number of likely N-dealkylation sites (N-methyl/N-ethyl adjacent to an activating group) is 1. The molecule has 2 atom stereocenters. The van der Waals surface area contributed by atoms with E-state index in [4.69, 9.17) is 0 Å².